The predicted molar refractivity (Wildman–Crippen MR) is 44.1 cm³/mol. The third kappa shape index (κ3) is 1.44. The highest BCUT2D eigenvalue weighted by molar-refractivity contribution is 6.30. The molecule has 0 bridgehead atoms. The zero-order valence-electron chi connectivity index (χ0n) is 6.08. The van der Waals surface area contributed by atoms with E-state index in [1.807, 2.05) is 0 Å². The Hall–Kier alpha value is -1.38. The SMILES string of the molecule is N#Cc1c(N)nc(CN)nc1Cl. The number of nitrogens with zero attached hydrogens (tertiary/aromatic N) is 3. The van der Waals surface area contributed by atoms with Crippen LogP contribution in [0.4, 0.5) is 5.82 Å². The Morgan fingerprint density at radius 2 is 2.17 bits per heavy atom. The molecule has 5 nitrogen and oxygen atoms in total. The number of halogens is 1. The fraction of sp³-hybridized carbons (Fsp3) is 0.167. The number of nitriles is 1. The van der Waals surface area contributed by atoms with Crippen LogP contribution in [-0.4, -0.2) is 9.97 Å². The minimum atomic E-state index is 0.0467. The molecular weight excluding hydrogens is 178 g/mol. The lowest BCUT2D eigenvalue weighted by Crippen LogP contribution is -2.07. The van der Waals surface area contributed by atoms with Crippen molar-refractivity contribution in [3.05, 3.63) is 16.5 Å². The Morgan fingerprint density at radius 1 is 1.50 bits per heavy atom. The summed E-state index contributed by atoms with van der Waals surface area (Å²) in [6.07, 6.45) is 0. The molecule has 0 atom stereocenters. The maximum absolute atomic E-state index is 8.54. The van der Waals surface area contributed by atoms with Crippen molar-refractivity contribution >= 4 is 17.4 Å². The molecule has 0 saturated carbocycles. The number of aromatic nitrogens is 2. The van der Waals surface area contributed by atoms with Gasteiger partial charge in [-0.2, -0.15) is 5.26 Å². The predicted octanol–water partition coefficient (Wildman–Crippen LogP) is 0.0426. The number of nitrogens with two attached hydrogens (primary N) is 2. The first kappa shape index (κ1) is 8.71. The molecule has 0 aliphatic rings. The van der Waals surface area contributed by atoms with Gasteiger partial charge in [0, 0.05) is 0 Å². The molecule has 62 valence electrons. The Balaban J connectivity index is 3.30. The maximum Gasteiger partial charge on any atom is 0.152 e. The van der Waals surface area contributed by atoms with Crippen LogP contribution in [0.3, 0.4) is 0 Å². The largest absolute Gasteiger partial charge is 0.382 e. The molecule has 6 heteroatoms. The number of nitrogen functional groups attached to an aromatic ring is 1. The smallest absolute Gasteiger partial charge is 0.152 e. The molecule has 0 unspecified atom stereocenters. The van der Waals surface area contributed by atoms with Crippen molar-refractivity contribution in [1.82, 2.24) is 9.97 Å². The van der Waals surface area contributed by atoms with Crippen molar-refractivity contribution in [2.24, 2.45) is 5.73 Å². The van der Waals surface area contributed by atoms with Crippen molar-refractivity contribution in [2.45, 2.75) is 6.54 Å². The van der Waals surface area contributed by atoms with Crippen molar-refractivity contribution in [1.29, 1.82) is 5.26 Å². The molecule has 12 heavy (non-hydrogen) atoms. The highest BCUT2D eigenvalue weighted by Crippen LogP contribution is 2.16. The third-order valence-electron chi connectivity index (χ3n) is 1.23. The number of anilines is 1. The van der Waals surface area contributed by atoms with E-state index in [1.165, 1.54) is 0 Å². The van der Waals surface area contributed by atoms with Crippen molar-refractivity contribution < 1.29 is 0 Å². The van der Waals surface area contributed by atoms with Crippen LogP contribution < -0.4 is 11.5 Å². The number of rotatable bonds is 1. The van der Waals surface area contributed by atoms with Crippen molar-refractivity contribution in [2.75, 3.05) is 5.73 Å². The molecule has 0 fully saturated rings. The second-order valence-corrected chi connectivity index (χ2v) is 2.36. The summed E-state index contributed by atoms with van der Waals surface area (Å²) >= 11 is 5.60. The van der Waals surface area contributed by atoms with E-state index >= 15 is 0 Å². The van der Waals surface area contributed by atoms with Crippen LogP contribution in [0.1, 0.15) is 11.4 Å². The summed E-state index contributed by atoms with van der Waals surface area (Å²) < 4.78 is 0. The minimum Gasteiger partial charge on any atom is -0.382 e. The van der Waals surface area contributed by atoms with E-state index in [0.717, 1.165) is 0 Å². The molecule has 1 aromatic rings. The summed E-state index contributed by atoms with van der Waals surface area (Å²) in [6.45, 7) is 0.148. The molecule has 1 aromatic heterocycles. The summed E-state index contributed by atoms with van der Waals surface area (Å²) in [5, 5.41) is 8.58. The van der Waals surface area contributed by atoms with Crippen LogP contribution in [0.2, 0.25) is 5.15 Å². The van der Waals surface area contributed by atoms with Gasteiger partial charge in [-0.3, -0.25) is 0 Å². The van der Waals surface area contributed by atoms with Gasteiger partial charge in [-0.15, -0.1) is 0 Å². The van der Waals surface area contributed by atoms with E-state index in [9.17, 15) is 0 Å². The quantitative estimate of drug-likeness (QED) is 0.599. The highest BCUT2D eigenvalue weighted by atomic mass is 35.5. The van der Waals surface area contributed by atoms with Crippen LogP contribution in [0.15, 0.2) is 0 Å². The van der Waals surface area contributed by atoms with E-state index in [4.69, 9.17) is 28.3 Å². The lowest BCUT2D eigenvalue weighted by Gasteiger charge is -2.00. The number of hydrogen-bond acceptors (Lipinski definition) is 5. The highest BCUT2D eigenvalue weighted by Gasteiger charge is 2.08. The zero-order valence-corrected chi connectivity index (χ0v) is 6.84. The first-order valence-electron chi connectivity index (χ1n) is 3.11. The standard InChI is InChI=1S/C6H6ClN5/c7-5-3(1-8)6(10)12-4(2-9)11-5/h2,9H2,(H2,10,11,12). The average Bonchev–Trinajstić information content (AvgIpc) is 2.03. The molecule has 0 aliphatic heterocycles. The van der Waals surface area contributed by atoms with E-state index in [1.54, 1.807) is 6.07 Å². The summed E-state index contributed by atoms with van der Waals surface area (Å²) in [4.78, 5) is 7.51. The van der Waals surface area contributed by atoms with Gasteiger partial charge in [0.1, 0.15) is 23.3 Å². The summed E-state index contributed by atoms with van der Waals surface area (Å²) in [7, 11) is 0. The van der Waals surface area contributed by atoms with Crippen LogP contribution >= 0.6 is 11.6 Å². The van der Waals surface area contributed by atoms with Crippen molar-refractivity contribution in [3.63, 3.8) is 0 Å². The first-order valence-corrected chi connectivity index (χ1v) is 3.49. The first-order chi connectivity index (χ1) is 5.69. The van der Waals surface area contributed by atoms with E-state index < -0.39 is 0 Å². The molecule has 4 N–H and O–H groups in total. The maximum atomic E-state index is 8.54. The van der Waals surface area contributed by atoms with E-state index in [2.05, 4.69) is 9.97 Å². The molecular formula is C6H6ClN5. The Morgan fingerprint density at radius 3 is 2.58 bits per heavy atom. The van der Waals surface area contributed by atoms with Crippen LogP contribution in [0, 0.1) is 11.3 Å². The fourth-order valence-electron chi connectivity index (χ4n) is 0.690. The molecule has 0 spiro atoms. The molecule has 0 aromatic carbocycles. The van der Waals surface area contributed by atoms with E-state index in [0.29, 0.717) is 5.82 Å². The Bertz CT molecular complexity index is 319. The summed E-state index contributed by atoms with van der Waals surface area (Å²) in [5.74, 6) is 0.398. The van der Waals surface area contributed by atoms with E-state index in [-0.39, 0.29) is 23.1 Å². The topological polar surface area (TPSA) is 102 Å². The lowest BCUT2D eigenvalue weighted by molar-refractivity contribution is 0.911. The Labute approximate surface area is 74.0 Å². The fourth-order valence-corrected chi connectivity index (χ4v) is 0.926. The minimum absolute atomic E-state index is 0.0467. The van der Waals surface area contributed by atoms with Gasteiger partial charge in [0.25, 0.3) is 0 Å². The monoisotopic (exact) mass is 183 g/mol. The van der Waals surface area contributed by atoms with Crippen LogP contribution in [0.25, 0.3) is 0 Å². The molecule has 0 radical (unpaired) electrons. The van der Waals surface area contributed by atoms with Gasteiger partial charge in [0.15, 0.2) is 5.15 Å². The van der Waals surface area contributed by atoms with Crippen LogP contribution in [0.5, 0.6) is 0 Å². The van der Waals surface area contributed by atoms with Crippen molar-refractivity contribution in [3.8, 4) is 6.07 Å². The second kappa shape index (κ2) is 3.34. The van der Waals surface area contributed by atoms with Gasteiger partial charge in [0.2, 0.25) is 0 Å². The molecule has 0 aliphatic carbocycles. The van der Waals surface area contributed by atoms with Gasteiger partial charge in [-0.25, -0.2) is 9.97 Å². The molecule has 1 heterocycles. The number of hydrogen-bond donors (Lipinski definition) is 2. The average molecular weight is 184 g/mol. The van der Waals surface area contributed by atoms with Crippen LogP contribution in [-0.2, 0) is 6.54 Å². The third-order valence-corrected chi connectivity index (χ3v) is 1.51. The molecule has 0 saturated heterocycles. The zero-order chi connectivity index (χ0) is 9.14. The van der Waals surface area contributed by atoms with Gasteiger partial charge < -0.3 is 11.5 Å². The summed E-state index contributed by atoms with van der Waals surface area (Å²) in [6, 6.07) is 1.79. The molecule has 0 amide bonds. The lowest BCUT2D eigenvalue weighted by atomic mass is 10.3. The Kier molecular flexibility index (Phi) is 2.43. The van der Waals surface area contributed by atoms with Gasteiger partial charge >= 0.3 is 0 Å². The summed E-state index contributed by atoms with van der Waals surface area (Å²) in [5.41, 5.74) is 10.7. The van der Waals surface area contributed by atoms with Gasteiger partial charge in [-0.1, -0.05) is 11.6 Å². The van der Waals surface area contributed by atoms with Gasteiger partial charge in [-0.05, 0) is 0 Å². The van der Waals surface area contributed by atoms with Gasteiger partial charge in [0.05, 0.1) is 6.54 Å². The normalized spacial score (nSPS) is 9.42. The second-order valence-electron chi connectivity index (χ2n) is 2.01. The molecule has 1 rings (SSSR count).